The Labute approximate surface area is 202 Å². The van der Waals surface area contributed by atoms with Crippen LogP contribution < -0.4 is 10.2 Å². The molecule has 32 heavy (non-hydrogen) atoms. The summed E-state index contributed by atoms with van der Waals surface area (Å²) in [6.45, 7) is 3.12. The van der Waals surface area contributed by atoms with E-state index >= 15 is 0 Å². The molecule has 9 heteroatoms. The lowest BCUT2D eigenvalue weighted by molar-refractivity contribution is -0.124. The van der Waals surface area contributed by atoms with Gasteiger partial charge in [0.25, 0.3) is 5.91 Å². The monoisotopic (exact) mass is 491 g/mol. The van der Waals surface area contributed by atoms with Gasteiger partial charge in [0.1, 0.15) is 6.04 Å². The maximum atomic E-state index is 13.4. The highest BCUT2D eigenvalue weighted by Crippen LogP contribution is 2.32. The number of amides is 2. The molecular weight excluding hydrogens is 469 g/mol. The van der Waals surface area contributed by atoms with Gasteiger partial charge in [-0.05, 0) is 56.2 Å². The number of benzene rings is 2. The second kappa shape index (κ2) is 9.75. The molecule has 4 rings (SSSR count). The number of thiocarbonyl (C=S) groups is 1. The van der Waals surface area contributed by atoms with Crippen LogP contribution in [0.1, 0.15) is 24.8 Å². The first-order valence-electron chi connectivity index (χ1n) is 10.4. The summed E-state index contributed by atoms with van der Waals surface area (Å²) >= 11 is 18.0. The maximum absolute atomic E-state index is 13.4. The van der Waals surface area contributed by atoms with Crippen molar-refractivity contribution in [1.82, 2.24) is 4.90 Å². The Morgan fingerprint density at radius 1 is 1.19 bits per heavy atom. The van der Waals surface area contributed by atoms with Gasteiger partial charge >= 0.3 is 0 Å². The Balaban J connectivity index is 1.57. The average Bonchev–Trinajstić information content (AvgIpc) is 3.35. The van der Waals surface area contributed by atoms with Crippen LogP contribution in [0.15, 0.2) is 42.5 Å². The number of para-hydroxylation sites is 1. The lowest BCUT2D eigenvalue weighted by atomic mass is 10.1. The molecule has 6 nitrogen and oxygen atoms in total. The summed E-state index contributed by atoms with van der Waals surface area (Å²) in [7, 11) is 0. The molecule has 2 fully saturated rings. The van der Waals surface area contributed by atoms with Crippen LogP contribution in [0, 0.1) is 6.92 Å². The van der Waals surface area contributed by atoms with E-state index in [2.05, 4.69) is 5.32 Å². The van der Waals surface area contributed by atoms with Crippen LogP contribution in [-0.2, 0) is 14.3 Å². The highest BCUT2D eigenvalue weighted by atomic mass is 35.5. The van der Waals surface area contributed by atoms with Crippen molar-refractivity contribution in [2.45, 2.75) is 38.3 Å². The molecule has 0 radical (unpaired) electrons. The zero-order valence-corrected chi connectivity index (χ0v) is 19.8. The SMILES string of the molecule is Cc1ccc(N2C(=O)C(CC(=O)Nc3c(Cl)cccc3Cl)N(CC3CCCO3)C2=S)cc1. The Morgan fingerprint density at radius 3 is 2.50 bits per heavy atom. The first-order chi connectivity index (χ1) is 15.3. The Morgan fingerprint density at radius 2 is 1.88 bits per heavy atom. The normalized spacial score (nSPS) is 20.8. The molecule has 2 unspecified atom stereocenters. The van der Waals surface area contributed by atoms with Crippen molar-refractivity contribution >= 4 is 63.7 Å². The van der Waals surface area contributed by atoms with E-state index in [0.717, 1.165) is 18.4 Å². The van der Waals surface area contributed by atoms with E-state index in [9.17, 15) is 9.59 Å². The molecule has 2 heterocycles. The van der Waals surface area contributed by atoms with E-state index < -0.39 is 6.04 Å². The Hall–Kier alpha value is -2.19. The number of hydrogen-bond acceptors (Lipinski definition) is 4. The topological polar surface area (TPSA) is 61.9 Å². The highest BCUT2D eigenvalue weighted by molar-refractivity contribution is 7.80. The summed E-state index contributed by atoms with van der Waals surface area (Å²) in [6.07, 6.45) is 1.75. The standard InChI is InChI=1S/C23H23Cl2N3O3S/c1-14-7-9-15(10-8-14)28-22(30)19(27(23(28)32)13-16-4-3-11-31-16)12-20(29)26-21-17(24)5-2-6-18(21)25/h2,5-10,16,19H,3-4,11-13H2,1H3,(H,26,29). The number of carbonyl (C=O) groups is 2. The fraction of sp³-hybridized carbons (Fsp3) is 0.348. The van der Waals surface area contributed by atoms with Crippen molar-refractivity contribution in [3.05, 3.63) is 58.1 Å². The van der Waals surface area contributed by atoms with Crippen molar-refractivity contribution in [3.63, 3.8) is 0 Å². The number of aryl methyl sites for hydroxylation is 1. The Kier molecular flexibility index (Phi) is 7.00. The first kappa shape index (κ1) is 23.0. The van der Waals surface area contributed by atoms with Crippen molar-refractivity contribution in [1.29, 1.82) is 0 Å². The van der Waals surface area contributed by atoms with Crippen LogP contribution in [0.2, 0.25) is 10.0 Å². The largest absolute Gasteiger partial charge is 0.376 e. The second-order valence-corrected chi connectivity index (χ2v) is 9.12. The lowest BCUT2D eigenvalue weighted by Crippen LogP contribution is -2.42. The van der Waals surface area contributed by atoms with Crippen molar-refractivity contribution in [3.8, 4) is 0 Å². The summed E-state index contributed by atoms with van der Waals surface area (Å²) in [5.74, 6) is -0.610. The van der Waals surface area contributed by atoms with Crippen LogP contribution in [-0.4, -0.2) is 47.1 Å². The second-order valence-electron chi connectivity index (χ2n) is 7.94. The molecule has 2 aliphatic heterocycles. The number of hydrogen-bond donors (Lipinski definition) is 1. The van der Waals surface area contributed by atoms with Gasteiger partial charge in [0, 0.05) is 13.2 Å². The third kappa shape index (κ3) is 4.76. The van der Waals surface area contributed by atoms with E-state index in [0.29, 0.717) is 39.7 Å². The predicted molar refractivity (Wildman–Crippen MR) is 130 cm³/mol. The van der Waals surface area contributed by atoms with Gasteiger partial charge in [-0.15, -0.1) is 0 Å². The summed E-state index contributed by atoms with van der Waals surface area (Å²) < 4.78 is 5.77. The van der Waals surface area contributed by atoms with Gasteiger partial charge in [0.05, 0.1) is 33.9 Å². The van der Waals surface area contributed by atoms with Crippen LogP contribution in [0.4, 0.5) is 11.4 Å². The number of nitrogens with one attached hydrogen (secondary N) is 1. The zero-order chi connectivity index (χ0) is 22.8. The molecule has 2 aromatic rings. The molecule has 2 saturated heterocycles. The van der Waals surface area contributed by atoms with Gasteiger partial charge in [-0.3, -0.25) is 14.5 Å². The molecule has 0 aromatic heterocycles. The fourth-order valence-electron chi connectivity index (χ4n) is 3.96. The molecular formula is C23H23Cl2N3O3S. The van der Waals surface area contributed by atoms with Gasteiger partial charge in [0.15, 0.2) is 5.11 Å². The molecule has 0 saturated carbocycles. The van der Waals surface area contributed by atoms with Crippen LogP contribution in [0.3, 0.4) is 0 Å². The van der Waals surface area contributed by atoms with Crippen LogP contribution in [0.25, 0.3) is 0 Å². The minimum absolute atomic E-state index is 0.0257. The molecule has 2 amide bonds. The van der Waals surface area contributed by atoms with E-state index in [1.807, 2.05) is 31.2 Å². The number of rotatable bonds is 6. The zero-order valence-electron chi connectivity index (χ0n) is 17.5. The number of nitrogens with zero attached hydrogens (tertiary/aromatic N) is 2. The highest BCUT2D eigenvalue weighted by Gasteiger charge is 2.45. The number of halogens is 2. The minimum Gasteiger partial charge on any atom is -0.376 e. The number of anilines is 2. The number of ether oxygens (including phenoxy) is 1. The van der Waals surface area contributed by atoms with Gasteiger partial charge in [-0.2, -0.15) is 0 Å². The quantitative estimate of drug-likeness (QED) is 0.587. The van der Waals surface area contributed by atoms with Crippen molar-refractivity contribution < 1.29 is 14.3 Å². The van der Waals surface area contributed by atoms with E-state index in [1.165, 1.54) is 4.90 Å². The van der Waals surface area contributed by atoms with E-state index in [1.54, 1.807) is 23.1 Å². The maximum Gasteiger partial charge on any atom is 0.256 e. The van der Waals surface area contributed by atoms with Gasteiger partial charge in [-0.1, -0.05) is 47.0 Å². The smallest absolute Gasteiger partial charge is 0.256 e. The van der Waals surface area contributed by atoms with E-state index in [4.69, 9.17) is 40.2 Å². The summed E-state index contributed by atoms with van der Waals surface area (Å²) in [4.78, 5) is 29.6. The van der Waals surface area contributed by atoms with Gasteiger partial charge in [-0.25, -0.2) is 0 Å². The predicted octanol–water partition coefficient (Wildman–Crippen LogP) is 4.81. The molecule has 2 aliphatic rings. The summed E-state index contributed by atoms with van der Waals surface area (Å²) in [6, 6.07) is 11.8. The summed E-state index contributed by atoms with van der Waals surface area (Å²) in [5, 5.41) is 3.78. The fourth-order valence-corrected chi connectivity index (χ4v) is 4.85. The van der Waals surface area contributed by atoms with Crippen LogP contribution in [0.5, 0.6) is 0 Å². The molecule has 0 bridgehead atoms. The molecule has 2 aromatic carbocycles. The molecule has 0 aliphatic carbocycles. The molecule has 0 spiro atoms. The Bertz CT molecular complexity index is 1020. The third-order valence-corrected chi connectivity index (χ3v) is 6.69. The van der Waals surface area contributed by atoms with Gasteiger partial charge in [0.2, 0.25) is 5.91 Å². The van der Waals surface area contributed by atoms with Crippen molar-refractivity contribution in [2.24, 2.45) is 0 Å². The van der Waals surface area contributed by atoms with Crippen LogP contribution >= 0.6 is 35.4 Å². The molecule has 168 valence electrons. The minimum atomic E-state index is -0.741. The first-order valence-corrected chi connectivity index (χ1v) is 11.6. The molecule has 2 atom stereocenters. The number of carbonyl (C=O) groups excluding carboxylic acids is 2. The molecule has 1 N–H and O–H groups in total. The third-order valence-electron chi connectivity index (χ3n) is 5.64. The van der Waals surface area contributed by atoms with Gasteiger partial charge < -0.3 is 15.0 Å². The average molecular weight is 492 g/mol. The summed E-state index contributed by atoms with van der Waals surface area (Å²) in [5.41, 5.74) is 2.09. The van der Waals surface area contributed by atoms with E-state index in [-0.39, 0.29) is 24.3 Å². The van der Waals surface area contributed by atoms with Crippen molar-refractivity contribution in [2.75, 3.05) is 23.4 Å². The lowest BCUT2D eigenvalue weighted by Gasteiger charge is -2.26.